The van der Waals surface area contributed by atoms with Gasteiger partial charge in [0.2, 0.25) is 0 Å². The van der Waals surface area contributed by atoms with E-state index in [0.29, 0.717) is 28.8 Å². The molecule has 2 aromatic heterocycles. The first-order valence-corrected chi connectivity index (χ1v) is 10.5. The Balaban J connectivity index is 1.55. The Kier molecular flexibility index (Phi) is 6.07. The van der Waals surface area contributed by atoms with Crippen molar-refractivity contribution in [3.05, 3.63) is 48.2 Å². The summed E-state index contributed by atoms with van der Waals surface area (Å²) in [7, 11) is 0. The second-order valence-electron chi connectivity index (χ2n) is 7.60. The summed E-state index contributed by atoms with van der Waals surface area (Å²) in [6.07, 6.45) is 7.07. The Labute approximate surface area is 175 Å². The van der Waals surface area contributed by atoms with Gasteiger partial charge in [0.05, 0.1) is 22.8 Å². The molecule has 156 valence electrons. The highest BCUT2D eigenvalue weighted by Gasteiger charge is 2.20. The maximum Gasteiger partial charge on any atom is 0.339 e. The van der Waals surface area contributed by atoms with Crippen LogP contribution < -0.4 is 5.32 Å². The summed E-state index contributed by atoms with van der Waals surface area (Å²) in [5.74, 6) is -0.804. The number of rotatable bonds is 6. The zero-order valence-corrected chi connectivity index (χ0v) is 17.1. The van der Waals surface area contributed by atoms with Gasteiger partial charge in [-0.3, -0.25) is 4.79 Å². The normalized spacial score (nSPS) is 14.6. The van der Waals surface area contributed by atoms with Gasteiger partial charge < -0.3 is 10.1 Å². The van der Waals surface area contributed by atoms with Gasteiger partial charge in [0, 0.05) is 18.2 Å². The van der Waals surface area contributed by atoms with Gasteiger partial charge in [0.15, 0.2) is 12.3 Å². The van der Waals surface area contributed by atoms with Crippen molar-refractivity contribution >= 4 is 22.9 Å². The number of aromatic nitrogens is 3. The Morgan fingerprint density at radius 1 is 1.17 bits per heavy atom. The average Bonchev–Trinajstić information content (AvgIpc) is 3.21. The molecule has 4 rings (SSSR count). The van der Waals surface area contributed by atoms with Crippen molar-refractivity contribution in [2.24, 2.45) is 0 Å². The molecular weight excluding hydrogens is 380 g/mol. The minimum atomic E-state index is -0.547. The number of amides is 1. The van der Waals surface area contributed by atoms with Crippen LogP contribution in [0.15, 0.2) is 42.6 Å². The summed E-state index contributed by atoms with van der Waals surface area (Å²) in [5, 5.41) is 7.92. The van der Waals surface area contributed by atoms with E-state index in [4.69, 9.17) is 9.72 Å². The second-order valence-corrected chi connectivity index (χ2v) is 7.60. The predicted octanol–water partition coefficient (Wildman–Crippen LogP) is 3.72. The second kappa shape index (κ2) is 9.07. The van der Waals surface area contributed by atoms with E-state index in [0.717, 1.165) is 31.2 Å². The van der Waals surface area contributed by atoms with Crippen LogP contribution in [0.3, 0.4) is 0 Å². The molecule has 2 heterocycles. The van der Waals surface area contributed by atoms with Gasteiger partial charge in [-0.25, -0.2) is 14.5 Å². The van der Waals surface area contributed by atoms with Crippen molar-refractivity contribution < 1.29 is 14.3 Å². The van der Waals surface area contributed by atoms with Crippen LogP contribution in [0.5, 0.6) is 0 Å². The van der Waals surface area contributed by atoms with Crippen LogP contribution >= 0.6 is 0 Å². The number of hydrogen-bond acceptors (Lipinski definition) is 5. The SMILES string of the molecule is CCn1ncc2c(C(=O)OCC(=O)NC3CCCCC3)cc(-c3ccccc3)nc21. The van der Waals surface area contributed by atoms with E-state index >= 15 is 0 Å². The summed E-state index contributed by atoms with van der Waals surface area (Å²) < 4.78 is 7.10. The van der Waals surface area contributed by atoms with Crippen molar-refractivity contribution in [1.82, 2.24) is 20.1 Å². The summed E-state index contributed by atoms with van der Waals surface area (Å²) in [6.45, 7) is 2.31. The smallest absolute Gasteiger partial charge is 0.339 e. The number of nitrogens with one attached hydrogen (secondary N) is 1. The maximum atomic E-state index is 12.9. The van der Waals surface area contributed by atoms with E-state index in [1.807, 2.05) is 37.3 Å². The number of carbonyl (C=O) groups excluding carboxylic acids is 2. The van der Waals surface area contributed by atoms with Crippen LogP contribution in [0.1, 0.15) is 49.4 Å². The van der Waals surface area contributed by atoms with Crippen molar-refractivity contribution in [2.75, 3.05) is 6.61 Å². The molecule has 1 amide bonds. The molecular formula is C23H26N4O3. The molecule has 0 radical (unpaired) electrons. The minimum Gasteiger partial charge on any atom is -0.452 e. The summed E-state index contributed by atoms with van der Waals surface area (Å²) in [4.78, 5) is 29.8. The number of ether oxygens (including phenoxy) is 1. The third kappa shape index (κ3) is 4.35. The van der Waals surface area contributed by atoms with Gasteiger partial charge >= 0.3 is 5.97 Å². The monoisotopic (exact) mass is 406 g/mol. The lowest BCUT2D eigenvalue weighted by Gasteiger charge is -2.22. The van der Waals surface area contributed by atoms with Crippen LogP contribution in [0.2, 0.25) is 0 Å². The molecule has 30 heavy (non-hydrogen) atoms. The first kappa shape index (κ1) is 20.1. The Morgan fingerprint density at radius 3 is 2.67 bits per heavy atom. The van der Waals surface area contributed by atoms with Gasteiger partial charge in [0.1, 0.15) is 0 Å². The number of pyridine rings is 1. The molecule has 1 N–H and O–H groups in total. The van der Waals surface area contributed by atoms with Gasteiger partial charge in [-0.2, -0.15) is 5.10 Å². The molecule has 7 nitrogen and oxygen atoms in total. The lowest BCUT2D eigenvalue weighted by molar-refractivity contribution is -0.125. The molecule has 1 aliphatic carbocycles. The molecule has 1 fully saturated rings. The number of carbonyl (C=O) groups is 2. The molecule has 0 aliphatic heterocycles. The number of benzene rings is 1. The number of nitrogens with zero attached hydrogens (tertiary/aromatic N) is 3. The Hall–Kier alpha value is -3.22. The number of esters is 1. The Bertz CT molecular complexity index is 1040. The molecule has 7 heteroatoms. The third-order valence-corrected chi connectivity index (χ3v) is 5.50. The zero-order valence-electron chi connectivity index (χ0n) is 17.1. The Morgan fingerprint density at radius 2 is 1.93 bits per heavy atom. The molecule has 1 aliphatic rings. The number of hydrogen-bond donors (Lipinski definition) is 1. The van der Waals surface area contributed by atoms with Gasteiger partial charge in [0.25, 0.3) is 5.91 Å². The fourth-order valence-corrected chi connectivity index (χ4v) is 3.93. The van der Waals surface area contributed by atoms with Crippen LogP contribution in [0.4, 0.5) is 0 Å². The highest BCUT2D eigenvalue weighted by Crippen LogP contribution is 2.25. The van der Waals surface area contributed by atoms with Crippen molar-refractivity contribution in [2.45, 2.75) is 51.6 Å². The molecule has 0 unspecified atom stereocenters. The topological polar surface area (TPSA) is 86.1 Å². The van der Waals surface area contributed by atoms with Crippen molar-refractivity contribution in [3.8, 4) is 11.3 Å². The maximum absolute atomic E-state index is 12.9. The standard InChI is InChI=1S/C23H26N4O3/c1-2-27-22-19(14-24-27)18(13-20(26-22)16-9-5-3-6-10-16)23(29)30-15-21(28)25-17-11-7-4-8-12-17/h3,5-6,9-10,13-14,17H,2,4,7-8,11-12,15H2,1H3,(H,25,28). The van der Waals surface area contributed by atoms with E-state index in [2.05, 4.69) is 10.4 Å². The van der Waals surface area contributed by atoms with Crippen LogP contribution in [-0.4, -0.2) is 39.3 Å². The first-order chi connectivity index (χ1) is 14.7. The lowest BCUT2D eigenvalue weighted by atomic mass is 9.95. The highest BCUT2D eigenvalue weighted by atomic mass is 16.5. The van der Waals surface area contributed by atoms with E-state index in [1.54, 1.807) is 16.9 Å². The van der Waals surface area contributed by atoms with Crippen molar-refractivity contribution in [3.63, 3.8) is 0 Å². The molecule has 0 atom stereocenters. The van der Waals surface area contributed by atoms with Gasteiger partial charge in [-0.05, 0) is 25.8 Å². The average molecular weight is 406 g/mol. The predicted molar refractivity (Wildman–Crippen MR) is 114 cm³/mol. The summed E-state index contributed by atoms with van der Waals surface area (Å²) in [6, 6.07) is 11.5. The molecule has 0 bridgehead atoms. The fraction of sp³-hybridized carbons (Fsp3) is 0.391. The zero-order chi connectivity index (χ0) is 20.9. The van der Waals surface area contributed by atoms with E-state index in [-0.39, 0.29) is 18.6 Å². The summed E-state index contributed by atoms with van der Waals surface area (Å²) in [5.41, 5.74) is 2.55. The molecule has 0 saturated heterocycles. The fourth-order valence-electron chi connectivity index (χ4n) is 3.93. The van der Waals surface area contributed by atoms with Gasteiger partial charge in [-0.15, -0.1) is 0 Å². The van der Waals surface area contributed by atoms with E-state index < -0.39 is 5.97 Å². The lowest BCUT2D eigenvalue weighted by Crippen LogP contribution is -2.38. The molecule has 1 saturated carbocycles. The molecule has 0 spiro atoms. The minimum absolute atomic E-state index is 0.185. The number of aryl methyl sites for hydroxylation is 1. The van der Waals surface area contributed by atoms with Crippen LogP contribution in [0.25, 0.3) is 22.3 Å². The van der Waals surface area contributed by atoms with E-state index in [9.17, 15) is 9.59 Å². The van der Waals surface area contributed by atoms with Crippen molar-refractivity contribution in [1.29, 1.82) is 0 Å². The molecule has 1 aromatic carbocycles. The van der Waals surface area contributed by atoms with Crippen LogP contribution in [0, 0.1) is 0 Å². The first-order valence-electron chi connectivity index (χ1n) is 10.5. The quantitative estimate of drug-likeness (QED) is 0.631. The van der Waals surface area contributed by atoms with Gasteiger partial charge in [-0.1, -0.05) is 49.6 Å². The molecule has 3 aromatic rings. The highest BCUT2D eigenvalue weighted by molar-refractivity contribution is 6.04. The number of fused-ring (bicyclic) bond motifs is 1. The van der Waals surface area contributed by atoms with Crippen LogP contribution in [-0.2, 0) is 16.1 Å². The summed E-state index contributed by atoms with van der Waals surface area (Å²) >= 11 is 0. The van der Waals surface area contributed by atoms with E-state index in [1.165, 1.54) is 6.42 Å². The third-order valence-electron chi connectivity index (χ3n) is 5.50. The largest absolute Gasteiger partial charge is 0.452 e.